The van der Waals surface area contributed by atoms with Gasteiger partial charge in [0.25, 0.3) is 11.8 Å². The molecule has 0 radical (unpaired) electrons. The van der Waals surface area contributed by atoms with Crippen molar-refractivity contribution in [1.82, 2.24) is 14.8 Å². The van der Waals surface area contributed by atoms with Crippen molar-refractivity contribution >= 4 is 33.4 Å². The highest BCUT2D eigenvalue weighted by atomic mass is 79.9. The Morgan fingerprint density at radius 3 is 2.75 bits per heavy atom. The van der Waals surface area contributed by atoms with E-state index in [0.717, 1.165) is 20.8 Å². The summed E-state index contributed by atoms with van der Waals surface area (Å²) in [5.41, 5.74) is 2.45. The monoisotopic (exact) mass is 392 g/mol. The van der Waals surface area contributed by atoms with Crippen LogP contribution in [0.25, 0.3) is 0 Å². The highest BCUT2D eigenvalue weighted by Gasteiger charge is 2.30. The van der Waals surface area contributed by atoms with Gasteiger partial charge in [-0.25, -0.2) is 5.06 Å². The molecule has 0 atom stereocenters. The van der Waals surface area contributed by atoms with E-state index in [9.17, 15) is 9.59 Å². The van der Waals surface area contributed by atoms with Crippen LogP contribution in [0, 0.1) is 6.92 Å². The number of amides is 2. The zero-order chi connectivity index (χ0) is 17.4. The molecule has 0 spiro atoms. The number of hydrogen-bond acceptors (Lipinski definition) is 4. The van der Waals surface area contributed by atoms with E-state index in [1.54, 1.807) is 9.58 Å². The fraction of sp³-hybridized carbons (Fsp3) is 0.312. The van der Waals surface area contributed by atoms with Gasteiger partial charge < -0.3 is 4.90 Å². The minimum Gasteiger partial charge on any atom is -0.305 e. The smallest absolute Gasteiger partial charge is 0.297 e. The molecule has 8 heteroatoms. The van der Waals surface area contributed by atoms with Gasteiger partial charge in [-0.15, -0.1) is 0 Å². The van der Waals surface area contributed by atoms with Gasteiger partial charge in [0.2, 0.25) is 0 Å². The van der Waals surface area contributed by atoms with E-state index in [2.05, 4.69) is 21.0 Å². The second kappa shape index (κ2) is 6.37. The topological polar surface area (TPSA) is 67.7 Å². The van der Waals surface area contributed by atoms with E-state index in [-0.39, 0.29) is 11.6 Å². The molecule has 0 fully saturated rings. The fourth-order valence-electron chi connectivity index (χ4n) is 2.69. The molecule has 1 aromatic heterocycles. The first-order valence-electron chi connectivity index (χ1n) is 7.40. The lowest BCUT2D eigenvalue weighted by atomic mass is 10.1. The molecular weight excluding hydrogens is 376 g/mol. The molecule has 126 valence electrons. The number of carbonyl (C=O) groups excluding carboxylic acids is 2. The van der Waals surface area contributed by atoms with E-state index in [1.807, 2.05) is 25.1 Å². The number of hydroxylamine groups is 2. The van der Waals surface area contributed by atoms with Gasteiger partial charge in [0.15, 0.2) is 5.69 Å². The minimum atomic E-state index is -0.390. The Morgan fingerprint density at radius 2 is 2.08 bits per heavy atom. The molecule has 24 heavy (non-hydrogen) atoms. The molecule has 1 aliphatic rings. The van der Waals surface area contributed by atoms with Crippen molar-refractivity contribution in [3.05, 3.63) is 45.7 Å². The van der Waals surface area contributed by atoms with Gasteiger partial charge >= 0.3 is 0 Å². The first kappa shape index (κ1) is 16.7. The fourth-order valence-corrected chi connectivity index (χ4v) is 3.17. The quantitative estimate of drug-likeness (QED) is 0.751. The summed E-state index contributed by atoms with van der Waals surface area (Å²) in [6.45, 7) is 2.99. The average molecular weight is 393 g/mol. The highest BCUT2D eigenvalue weighted by molar-refractivity contribution is 9.10. The average Bonchev–Trinajstić information content (AvgIpc) is 2.99. The summed E-state index contributed by atoms with van der Waals surface area (Å²) < 4.78 is 2.54. The van der Waals surface area contributed by atoms with Crippen molar-refractivity contribution in [2.24, 2.45) is 0 Å². The van der Waals surface area contributed by atoms with E-state index in [1.165, 1.54) is 20.2 Å². The minimum absolute atomic E-state index is 0.168. The zero-order valence-electron chi connectivity index (χ0n) is 13.6. The molecule has 2 aromatic rings. The summed E-state index contributed by atoms with van der Waals surface area (Å²) in [6.07, 6.45) is 0. The maximum absolute atomic E-state index is 12.8. The third-order valence-corrected chi connectivity index (χ3v) is 4.50. The van der Waals surface area contributed by atoms with Gasteiger partial charge in [-0.1, -0.05) is 15.9 Å². The summed E-state index contributed by atoms with van der Waals surface area (Å²) in [6, 6.07) is 7.30. The van der Waals surface area contributed by atoms with Gasteiger partial charge in [0.05, 0.1) is 13.7 Å². The lowest BCUT2D eigenvalue weighted by Crippen LogP contribution is -2.40. The van der Waals surface area contributed by atoms with Crippen LogP contribution in [0.2, 0.25) is 0 Å². The Kier molecular flexibility index (Phi) is 4.42. The first-order valence-corrected chi connectivity index (χ1v) is 8.19. The summed E-state index contributed by atoms with van der Waals surface area (Å²) >= 11 is 3.43. The Morgan fingerprint density at radius 1 is 1.33 bits per heavy atom. The molecule has 0 N–H and O–H groups in total. The number of aryl methyl sites for hydroxylation is 1. The lowest BCUT2D eigenvalue weighted by Gasteiger charge is -2.28. The van der Waals surface area contributed by atoms with Crippen molar-refractivity contribution in [3.8, 4) is 0 Å². The molecule has 2 heterocycles. The molecule has 0 bridgehead atoms. The maximum Gasteiger partial charge on any atom is 0.297 e. The van der Waals surface area contributed by atoms with E-state index in [0.29, 0.717) is 18.8 Å². The molecule has 3 rings (SSSR count). The van der Waals surface area contributed by atoms with Crippen molar-refractivity contribution in [3.63, 3.8) is 0 Å². The number of hydrogen-bond donors (Lipinski definition) is 0. The van der Waals surface area contributed by atoms with Crippen LogP contribution in [0.15, 0.2) is 28.7 Å². The van der Waals surface area contributed by atoms with Crippen molar-refractivity contribution in [2.75, 3.05) is 25.6 Å². The standard InChI is InChI=1S/C16H17BrN4O3/c1-10-8-11(17)4-5-13(10)20-6-7-21-14(16(20)23)9-12(18-21)15(22)19(2)24-3/h4-5,8-9H,6-7H2,1-3H3. The molecule has 7 nitrogen and oxygen atoms in total. The normalized spacial score (nSPS) is 13.8. The molecule has 0 saturated carbocycles. The van der Waals surface area contributed by atoms with Crippen molar-refractivity contribution < 1.29 is 14.4 Å². The summed E-state index contributed by atoms with van der Waals surface area (Å²) in [5, 5.41) is 5.30. The van der Waals surface area contributed by atoms with Crippen LogP contribution in [0.5, 0.6) is 0 Å². The van der Waals surface area contributed by atoms with Gasteiger partial charge in [0, 0.05) is 29.8 Å². The van der Waals surface area contributed by atoms with Crippen LogP contribution in [0.1, 0.15) is 26.5 Å². The number of anilines is 1. The lowest BCUT2D eigenvalue weighted by molar-refractivity contribution is -0.0760. The van der Waals surface area contributed by atoms with E-state index >= 15 is 0 Å². The van der Waals surface area contributed by atoms with Crippen LogP contribution in [-0.2, 0) is 11.4 Å². The molecule has 0 unspecified atom stereocenters. The third-order valence-electron chi connectivity index (χ3n) is 4.01. The zero-order valence-corrected chi connectivity index (χ0v) is 15.2. The van der Waals surface area contributed by atoms with E-state index in [4.69, 9.17) is 4.84 Å². The number of fused-ring (bicyclic) bond motifs is 1. The van der Waals surface area contributed by atoms with Gasteiger partial charge in [-0.05, 0) is 30.7 Å². The molecule has 0 aliphatic carbocycles. The van der Waals surface area contributed by atoms with Gasteiger partial charge in [-0.3, -0.25) is 19.1 Å². The predicted octanol–water partition coefficient (Wildman–Crippen LogP) is 2.25. The Balaban J connectivity index is 1.93. The third kappa shape index (κ3) is 2.83. The number of benzene rings is 1. The molecule has 1 aromatic carbocycles. The Labute approximate surface area is 147 Å². The predicted molar refractivity (Wildman–Crippen MR) is 91.9 cm³/mol. The van der Waals surface area contributed by atoms with Crippen LogP contribution in [0.3, 0.4) is 0 Å². The molecular formula is C16H17BrN4O3. The second-order valence-electron chi connectivity index (χ2n) is 5.51. The summed E-state index contributed by atoms with van der Waals surface area (Å²) in [7, 11) is 2.90. The summed E-state index contributed by atoms with van der Waals surface area (Å²) in [5.74, 6) is -0.558. The van der Waals surface area contributed by atoms with Gasteiger partial charge in [0.1, 0.15) is 5.69 Å². The van der Waals surface area contributed by atoms with Crippen LogP contribution in [0.4, 0.5) is 5.69 Å². The number of aromatic nitrogens is 2. The number of nitrogens with zero attached hydrogens (tertiary/aromatic N) is 4. The molecule has 0 saturated heterocycles. The van der Waals surface area contributed by atoms with Crippen LogP contribution in [-0.4, -0.2) is 47.4 Å². The van der Waals surface area contributed by atoms with Crippen LogP contribution < -0.4 is 4.90 Å². The summed E-state index contributed by atoms with van der Waals surface area (Å²) in [4.78, 5) is 31.6. The maximum atomic E-state index is 12.8. The van der Waals surface area contributed by atoms with Crippen LogP contribution >= 0.6 is 15.9 Å². The molecule has 2 amide bonds. The SMILES string of the molecule is CON(C)C(=O)c1cc2n(n1)CCN(c1ccc(Br)cc1C)C2=O. The largest absolute Gasteiger partial charge is 0.305 e. The number of halogens is 1. The number of carbonyl (C=O) groups is 2. The van der Waals surface area contributed by atoms with E-state index < -0.39 is 5.91 Å². The Hall–Kier alpha value is -2.19. The van der Waals surface area contributed by atoms with Crippen molar-refractivity contribution in [2.45, 2.75) is 13.5 Å². The second-order valence-corrected chi connectivity index (χ2v) is 6.43. The Bertz CT molecular complexity index is 818. The first-order chi connectivity index (χ1) is 11.4. The highest BCUT2D eigenvalue weighted by Crippen LogP contribution is 2.27. The molecule has 1 aliphatic heterocycles. The van der Waals surface area contributed by atoms with Crippen molar-refractivity contribution in [1.29, 1.82) is 0 Å². The van der Waals surface area contributed by atoms with Gasteiger partial charge in [-0.2, -0.15) is 5.10 Å². The number of rotatable bonds is 3.